The molecule has 0 fully saturated rings. The summed E-state index contributed by atoms with van der Waals surface area (Å²) >= 11 is 5.99. The lowest BCUT2D eigenvalue weighted by Gasteiger charge is -2.49. The van der Waals surface area contributed by atoms with Gasteiger partial charge in [-0.15, -0.1) is 0 Å². The number of phenols is 1. The number of rotatable bonds is 2. The van der Waals surface area contributed by atoms with Gasteiger partial charge in [-0.1, -0.05) is 31.5 Å². The van der Waals surface area contributed by atoms with E-state index in [0.717, 1.165) is 4.79 Å². The van der Waals surface area contributed by atoms with E-state index < -0.39 is 29.7 Å². The third kappa shape index (κ3) is 3.17. The van der Waals surface area contributed by atoms with Crippen LogP contribution < -0.4 is 5.43 Å². The van der Waals surface area contributed by atoms with Gasteiger partial charge >= 0.3 is 6.18 Å². The summed E-state index contributed by atoms with van der Waals surface area (Å²) in [4.78, 5) is 1.15. The Morgan fingerprint density at radius 2 is 2.00 bits per heavy atom. The number of aromatic nitrogens is 2. The molecule has 0 radical (unpaired) electrons. The lowest BCUT2D eigenvalue weighted by atomic mass is 9.63. The minimum absolute atomic E-state index is 0.00722. The second kappa shape index (κ2) is 7.02. The highest BCUT2D eigenvalue weighted by molar-refractivity contribution is 6.31. The first-order valence-electron chi connectivity index (χ1n) is 9.76. The molecular formula is C22H20ClF3N4O2. The van der Waals surface area contributed by atoms with Crippen LogP contribution in [0.25, 0.3) is 10.9 Å². The maximum atomic E-state index is 14.3. The average Bonchev–Trinajstić information content (AvgIpc) is 3.05. The lowest BCUT2D eigenvalue weighted by Crippen LogP contribution is -2.59. The molecule has 2 aromatic carbocycles. The fourth-order valence-electron chi connectivity index (χ4n) is 4.70. The first-order chi connectivity index (χ1) is 14.8. The second-order valence-electron chi connectivity index (χ2n) is 8.80. The number of aliphatic hydroxyl groups is 1. The van der Waals surface area contributed by atoms with Crippen LogP contribution in [0.4, 0.5) is 13.2 Å². The van der Waals surface area contributed by atoms with E-state index >= 15 is 0 Å². The summed E-state index contributed by atoms with van der Waals surface area (Å²) in [5.41, 5.74) is -0.765. The molecule has 0 bridgehead atoms. The molecule has 10 heteroatoms. The molecule has 1 aromatic heterocycles. The molecule has 0 aliphatic heterocycles. The summed E-state index contributed by atoms with van der Waals surface area (Å²) in [6, 6.07) is 6.40. The van der Waals surface area contributed by atoms with E-state index in [1.165, 1.54) is 33.0 Å². The van der Waals surface area contributed by atoms with Crippen molar-refractivity contribution in [2.24, 2.45) is 0 Å². The summed E-state index contributed by atoms with van der Waals surface area (Å²) in [6.45, 7) is 4.52. The third-order valence-electron chi connectivity index (χ3n) is 6.09. The zero-order valence-corrected chi connectivity index (χ0v) is 18.2. The van der Waals surface area contributed by atoms with Gasteiger partial charge in [-0.3, -0.25) is 5.43 Å². The molecule has 2 atom stereocenters. The molecule has 2 unspecified atom stereocenters. The Morgan fingerprint density at radius 3 is 2.62 bits per heavy atom. The van der Waals surface area contributed by atoms with Gasteiger partial charge in [0.05, 0.1) is 17.3 Å². The number of aryl methyl sites for hydroxylation is 1. The first kappa shape index (κ1) is 22.2. The Hall–Kier alpha value is -2.96. The molecule has 32 heavy (non-hydrogen) atoms. The molecule has 168 valence electrons. The standard InChI is InChI=1S/C22H20ClF3N4O2/c1-11-6-14-17(18(31)15(11)8-27)20(2,3)10-21(32,22(24,25)26)19(14)29-30-16-5-4-13(23)7-12(16)9-28-30/h4-7,9,19,29,31-32H,10H2,1-3H3. The van der Waals surface area contributed by atoms with E-state index in [-0.39, 0.29) is 22.4 Å². The number of alkyl halides is 3. The van der Waals surface area contributed by atoms with Gasteiger partial charge in [0.15, 0.2) is 5.60 Å². The number of fused-ring (bicyclic) bond motifs is 2. The molecule has 1 aliphatic carbocycles. The number of phenolic OH excluding ortho intramolecular Hbond substituents is 1. The van der Waals surface area contributed by atoms with Crippen LogP contribution in [-0.2, 0) is 5.41 Å². The topological polar surface area (TPSA) is 94.1 Å². The SMILES string of the molecule is Cc1cc2c(c(O)c1C#N)C(C)(C)CC(O)(C(F)(F)F)C2Nn1ncc2cc(Cl)ccc21. The van der Waals surface area contributed by atoms with Gasteiger partial charge in [0.2, 0.25) is 0 Å². The molecular weight excluding hydrogens is 445 g/mol. The number of halogens is 4. The van der Waals surface area contributed by atoms with Crippen molar-refractivity contribution in [3.63, 3.8) is 0 Å². The highest BCUT2D eigenvalue weighted by Crippen LogP contribution is 2.56. The number of nitrogens with zero attached hydrogens (tertiary/aromatic N) is 3. The van der Waals surface area contributed by atoms with Crippen molar-refractivity contribution in [1.29, 1.82) is 5.26 Å². The maximum absolute atomic E-state index is 14.3. The van der Waals surface area contributed by atoms with E-state index in [2.05, 4.69) is 10.5 Å². The lowest BCUT2D eigenvalue weighted by molar-refractivity contribution is -0.276. The average molecular weight is 465 g/mol. The minimum atomic E-state index is -5.00. The number of hydrogen-bond acceptors (Lipinski definition) is 5. The van der Waals surface area contributed by atoms with E-state index in [4.69, 9.17) is 11.6 Å². The monoisotopic (exact) mass is 464 g/mol. The molecule has 0 amide bonds. The van der Waals surface area contributed by atoms with Crippen LogP contribution in [-0.4, -0.2) is 31.9 Å². The molecule has 3 N–H and O–H groups in total. The van der Waals surface area contributed by atoms with E-state index in [9.17, 15) is 28.6 Å². The summed E-state index contributed by atoms with van der Waals surface area (Å²) in [7, 11) is 0. The smallest absolute Gasteiger partial charge is 0.419 e. The van der Waals surface area contributed by atoms with Gasteiger partial charge in [0.25, 0.3) is 0 Å². The van der Waals surface area contributed by atoms with Crippen LogP contribution in [0, 0.1) is 18.3 Å². The van der Waals surface area contributed by atoms with Crippen molar-refractivity contribution in [2.75, 3.05) is 5.43 Å². The normalized spacial score (nSPS) is 22.4. The Bertz CT molecular complexity index is 1280. The number of nitriles is 1. The second-order valence-corrected chi connectivity index (χ2v) is 9.23. The fraction of sp³-hybridized carbons (Fsp3) is 0.364. The van der Waals surface area contributed by atoms with Crippen LogP contribution in [0.3, 0.4) is 0 Å². The molecule has 1 heterocycles. The molecule has 1 aliphatic rings. The van der Waals surface area contributed by atoms with Gasteiger partial charge in [-0.2, -0.15) is 28.3 Å². The molecule has 0 saturated heterocycles. The zero-order chi connectivity index (χ0) is 23.6. The molecule has 3 aromatic rings. The van der Waals surface area contributed by atoms with E-state index in [1.807, 2.05) is 6.07 Å². The van der Waals surface area contributed by atoms with Crippen molar-refractivity contribution in [2.45, 2.75) is 50.4 Å². The Morgan fingerprint density at radius 1 is 1.31 bits per heavy atom. The molecule has 0 spiro atoms. The number of nitrogens with one attached hydrogen (secondary N) is 1. The summed E-state index contributed by atoms with van der Waals surface area (Å²) in [6.07, 6.45) is -4.29. The minimum Gasteiger partial charge on any atom is -0.506 e. The third-order valence-corrected chi connectivity index (χ3v) is 6.32. The maximum Gasteiger partial charge on any atom is 0.419 e. The first-order valence-corrected chi connectivity index (χ1v) is 10.1. The van der Waals surface area contributed by atoms with Crippen molar-refractivity contribution in [3.05, 3.63) is 57.7 Å². The summed E-state index contributed by atoms with van der Waals surface area (Å²) in [5, 5.41) is 36.5. The molecule has 4 rings (SSSR count). The Kier molecular flexibility index (Phi) is 4.88. The predicted octanol–water partition coefficient (Wildman–Crippen LogP) is 4.83. The van der Waals surface area contributed by atoms with Crippen molar-refractivity contribution in [1.82, 2.24) is 9.89 Å². The van der Waals surface area contributed by atoms with Crippen LogP contribution in [0.1, 0.15) is 48.6 Å². The Balaban J connectivity index is 1.98. The van der Waals surface area contributed by atoms with Crippen LogP contribution >= 0.6 is 11.6 Å². The number of benzene rings is 2. The largest absolute Gasteiger partial charge is 0.506 e. The van der Waals surface area contributed by atoms with Gasteiger partial charge < -0.3 is 10.2 Å². The quantitative estimate of drug-likeness (QED) is 0.505. The zero-order valence-electron chi connectivity index (χ0n) is 17.4. The Labute approximate surface area is 186 Å². The van der Waals surface area contributed by atoms with Crippen LogP contribution in [0.15, 0.2) is 30.5 Å². The molecule has 6 nitrogen and oxygen atoms in total. The van der Waals surface area contributed by atoms with E-state index in [1.54, 1.807) is 18.2 Å². The van der Waals surface area contributed by atoms with Gasteiger partial charge in [-0.25, -0.2) is 0 Å². The van der Waals surface area contributed by atoms with Crippen molar-refractivity contribution >= 4 is 22.5 Å². The summed E-state index contributed by atoms with van der Waals surface area (Å²) in [5.74, 6) is -0.374. The van der Waals surface area contributed by atoms with Crippen molar-refractivity contribution in [3.8, 4) is 11.8 Å². The highest BCUT2D eigenvalue weighted by Gasteiger charge is 2.64. The molecule has 0 saturated carbocycles. The van der Waals surface area contributed by atoms with Gasteiger partial charge in [-0.05, 0) is 48.1 Å². The number of aromatic hydroxyl groups is 1. The van der Waals surface area contributed by atoms with Gasteiger partial charge in [0, 0.05) is 16.0 Å². The predicted molar refractivity (Wildman–Crippen MR) is 113 cm³/mol. The highest BCUT2D eigenvalue weighted by atomic mass is 35.5. The number of hydrogen-bond donors (Lipinski definition) is 3. The fourth-order valence-corrected chi connectivity index (χ4v) is 4.88. The van der Waals surface area contributed by atoms with E-state index in [0.29, 0.717) is 21.5 Å². The van der Waals surface area contributed by atoms with Crippen LogP contribution in [0.2, 0.25) is 5.02 Å². The summed E-state index contributed by atoms with van der Waals surface area (Å²) < 4.78 is 42.9. The van der Waals surface area contributed by atoms with Crippen molar-refractivity contribution < 1.29 is 23.4 Å². The van der Waals surface area contributed by atoms with Crippen LogP contribution in [0.5, 0.6) is 5.75 Å². The van der Waals surface area contributed by atoms with Gasteiger partial charge in [0.1, 0.15) is 17.9 Å².